The van der Waals surface area contributed by atoms with Crippen molar-refractivity contribution in [1.29, 1.82) is 0 Å². The van der Waals surface area contributed by atoms with E-state index in [1.54, 1.807) is 0 Å². The topological polar surface area (TPSA) is 57.6 Å². The number of carboxylic acids is 1. The molecule has 0 radical (unpaired) electrons. The average Bonchev–Trinajstić information content (AvgIpc) is 2.39. The van der Waals surface area contributed by atoms with Crippen LogP contribution in [0.5, 0.6) is 0 Å². The fraction of sp³-hybridized carbons (Fsp3) is 0.857. The smallest absolute Gasteiger partial charge is 0.303 e. The molecule has 0 saturated carbocycles. The van der Waals surface area contributed by atoms with E-state index in [0.29, 0.717) is 18.9 Å². The zero-order valence-corrected chi connectivity index (χ0v) is 12.2. The zero-order valence-electron chi connectivity index (χ0n) is 11.3. The van der Waals surface area contributed by atoms with Gasteiger partial charge in [-0.3, -0.25) is 9.59 Å². The molecule has 5 heteroatoms. The maximum atomic E-state index is 12.3. The maximum absolute atomic E-state index is 12.3. The highest BCUT2D eigenvalue weighted by atomic mass is 32.2. The van der Waals surface area contributed by atoms with Crippen LogP contribution >= 0.6 is 11.8 Å². The summed E-state index contributed by atoms with van der Waals surface area (Å²) in [5.41, 5.74) is 0. The largest absolute Gasteiger partial charge is 0.481 e. The third-order valence-electron chi connectivity index (χ3n) is 4.14. The molecule has 0 bridgehead atoms. The number of likely N-dealkylation sites (tertiary alicyclic amines) is 1. The summed E-state index contributed by atoms with van der Waals surface area (Å²) >= 11 is 1.98. The molecular weight excluding hydrogens is 262 g/mol. The SMILES string of the molecule is O=C(O)CC1CCCN(C(=O)CC2CCSCC2)C1. The molecule has 2 saturated heterocycles. The number of nitrogens with zero attached hydrogens (tertiary/aromatic N) is 1. The molecule has 0 aromatic heterocycles. The zero-order chi connectivity index (χ0) is 13.7. The van der Waals surface area contributed by atoms with Crippen molar-refractivity contribution in [2.75, 3.05) is 24.6 Å². The molecule has 1 unspecified atom stereocenters. The highest BCUT2D eigenvalue weighted by molar-refractivity contribution is 7.99. The number of carbonyl (C=O) groups excluding carboxylic acids is 1. The minimum Gasteiger partial charge on any atom is -0.481 e. The van der Waals surface area contributed by atoms with Crippen LogP contribution in [0.4, 0.5) is 0 Å². The number of carbonyl (C=O) groups is 2. The van der Waals surface area contributed by atoms with Crippen LogP contribution in [0.15, 0.2) is 0 Å². The molecule has 4 nitrogen and oxygen atoms in total. The molecule has 19 heavy (non-hydrogen) atoms. The fourth-order valence-electron chi connectivity index (χ4n) is 3.03. The molecule has 2 heterocycles. The van der Waals surface area contributed by atoms with Crippen molar-refractivity contribution in [3.8, 4) is 0 Å². The number of hydrogen-bond acceptors (Lipinski definition) is 3. The molecule has 2 rings (SSSR count). The second-order valence-corrected chi connectivity index (χ2v) is 6.93. The Hall–Kier alpha value is -0.710. The van der Waals surface area contributed by atoms with Gasteiger partial charge in [0.25, 0.3) is 0 Å². The lowest BCUT2D eigenvalue weighted by atomic mass is 9.93. The molecular formula is C14H23NO3S. The third-order valence-corrected chi connectivity index (χ3v) is 5.19. The summed E-state index contributed by atoms with van der Waals surface area (Å²) in [6.45, 7) is 1.46. The summed E-state index contributed by atoms with van der Waals surface area (Å²) in [5, 5.41) is 8.85. The van der Waals surface area contributed by atoms with Gasteiger partial charge < -0.3 is 10.0 Å². The lowest BCUT2D eigenvalue weighted by molar-refractivity contribution is -0.141. The van der Waals surface area contributed by atoms with Crippen molar-refractivity contribution in [3.63, 3.8) is 0 Å². The molecule has 1 amide bonds. The van der Waals surface area contributed by atoms with E-state index >= 15 is 0 Å². The number of carboxylic acid groups (broad SMARTS) is 1. The first kappa shape index (κ1) is 14.7. The molecule has 1 N–H and O–H groups in total. The van der Waals surface area contributed by atoms with Gasteiger partial charge in [-0.25, -0.2) is 0 Å². The van der Waals surface area contributed by atoms with Gasteiger partial charge in [-0.1, -0.05) is 0 Å². The average molecular weight is 285 g/mol. The van der Waals surface area contributed by atoms with Gasteiger partial charge in [0, 0.05) is 25.9 Å². The van der Waals surface area contributed by atoms with E-state index in [0.717, 1.165) is 32.2 Å². The molecule has 0 aliphatic carbocycles. The molecule has 0 aromatic carbocycles. The van der Waals surface area contributed by atoms with E-state index < -0.39 is 5.97 Å². The summed E-state index contributed by atoms with van der Waals surface area (Å²) in [7, 11) is 0. The van der Waals surface area contributed by atoms with E-state index in [2.05, 4.69) is 0 Å². The van der Waals surface area contributed by atoms with Crippen LogP contribution in [0.2, 0.25) is 0 Å². The van der Waals surface area contributed by atoms with Crippen molar-refractivity contribution in [1.82, 2.24) is 4.90 Å². The number of amides is 1. The molecule has 2 fully saturated rings. The van der Waals surface area contributed by atoms with Crippen molar-refractivity contribution >= 4 is 23.6 Å². The second-order valence-electron chi connectivity index (χ2n) is 5.71. The van der Waals surface area contributed by atoms with Gasteiger partial charge in [0.2, 0.25) is 5.91 Å². The Morgan fingerprint density at radius 3 is 2.53 bits per heavy atom. The molecule has 2 aliphatic heterocycles. The second kappa shape index (κ2) is 7.17. The van der Waals surface area contributed by atoms with E-state index in [1.807, 2.05) is 16.7 Å². The van der Waals surface area contributed by atoms with Crippen molar-refractivity contribution in [2.45, 2.75) is 38.5 Å². The number of piperidine rings is 1. The van der Waals surface area contributed by atoms with Crippen molar-refractivity contribution in [3.05, 3.63) is 0 Å². The van der Waals surface area contributed by atoms with Gasteiger partial charge in [-0.15, -0.1) is 0 Å². The van der Waals surface area contributed by atoms with Crippen LogP contribution in [-0.4, -0.2) is 46.5 Å². The number of aliphatic carboxylic acids is 1. The first-order valence-electron chi connectivity index (χ1n) is 7.22. The lowest BCUT2D eigenvalue weighted by Gasteiger charge is -2.33. The first-order chi connectivity index (χ1) is 9.15. The Morgan fingerprint density at radius 2 is 1.84 bits per heavy atom. The van der Waals surface area contributed by atoms with E-state index in [9.17, 15) is 9.59 Å². The van der Waals surface area contributed by atoms with Gasteiger partial charge >= 0.3 is 5.97 Å². The normalized spacial score (nSPS) is 25.3. The van der Waals surface area contributed by atoms with E-state index in [-0.39, 0.29) is 18.2 Å². The first-order valence-corrected chi connectivity index (χ1v) is 8.38. The quantitative estimate of drug-likeness (QED) is 0.860. The predicted octanol–water partition coefficient (Wildman–Crippen LogP) is 2.23. The van der Waals surface area contributed by atoms with Crippen molar-refractivity contribution < 1.29 is 14.7 Å². The van der Waals surface area contributed by atoms with E-state index in [1.165, 1.54) is 11.5 Å². The van der Waals surface area contributed by atoms with Gasteiger partial charge in [0.05, 0.1) is 0 Å². The predicted molar refractivity (Wildman–Crippen MR) is 76.2 cm³/mol. The number of rotatable bonds is 4. The van der Waals surface area contributed by atoms with E-state index in [4.69, 9.17) is 5.11 Å². The Kier molecular flexibility index (Phi) is 5.55. The van der Waals surface area contributed by atoms with Crippen LogP contribution in [0.1, 0.15) is 38.5 Å². The van der Waals surface area contributed by atoms with Crippen LogP contribution in [-0.2, 0) is 9.59 Å². The molecule has 108 valence electrons. The van der Waals surface area contributed by atoms with Crippen LogP contribution < -0.4 is 0 Å². The van der Waals surface area contributed by atoms with Gasteiger partial charge in [-0.05, 0) is 49.0 Å². The standard InChI is InChI=1S/C14H23NO3S/c16-13(8-11-3-6-19-7-4-11)15-5-1-2-12(10-15)9-14(17)18/h11-12H,1-10H2,(H,17,18). The molecule has 0 spiro atoms. The third kappa shape index (κ3) is 4.71. The Bertz CT molecular complexity index is 329. The Balaban J connectivity index is 1.79. The Morgan fingerprint density at radius 1 is 1.11 bits per heavy atom. The number of hydrogen-bond donors (Lipinski definition) is 1. The fourth-order valence-corrected chi connectivity index (χ4v) is 4.24. The minimum absolute atomic E-state index is 0.150. The maximum Gasteiger partial charge on any atom is 0.303 e. The van der Waals surface area contributed by atoms with Crippen molar-refractivity contribution in [2.24, 2.45) is 11.8 Å². The Labute approximate surface area is 118 Å². The van der Waals surface area contributed by atoms with Gasteiger partial charge in [-0.2, -0.15) is 11.8 Å². The van der Waals surface area contributed by atoms with Gasteiger partial charge in [0.15, 0.2) is 0 Å². The monoisotopic (exact) mass is 285 g/mol. The highest BCUT2D eigenvalue weighted by Crippen LogP contribution is 2.27. The molecule has 2 aliphatic rings. The summed E-state index contributed by atoms with van der Waals surface area (Å²) < 4.78 is 0. The summed E-state index contributed by atoms with van der Waals surface area (Å²) in [6, 6.07) is 0. The summed E-state index contributed by atoms with van der Waals surface area (Å²) in [5.74, 6) is 2.56. The van der Waals surface area contributed by atoms with Gasteiger partial charge in [0.1, 0.15) is 0 Å². The molecule has 0 aromatic rings. The van der Waals surface area contributed by atoms with Crippen LogP contribution in [0.3, 0.4) is 0 Å². The van der Waals surface area contributed by atoms with Crippen LogP contribution in [0, 0.1) is 11.8 Å². The summed E-state index contributed by atoms with van der Waals surface area (Å²) in [4.78, 5) is 24.9. The summed E-state index contributed by atoms with van der Waals surface area (Å²) in [6.07, 6.45) is 5.07. The lowest BCUT2D eigenvalue weighted by Crippen LogP contribution is -2.41. The highest BCUT2D eigenvalue weighted by Gasteiger charge is 2.27. The number of thioether (sulfide) groups is 1. The molecule has 1 atom stereocenters. The minimum atomic E-state index is -0.747. The van der Waals surface area contributed by atoms with Crippen LogP contribution in [0.25, 0.3) is 0 Å².